The molecule has 4 nitrogen and oxygen atoms in total. The molecular formula is C62H84Cl2Hf2O4Si4-2. The standard InChI is InChI=1S/4C15H20OSi.2CH2.2ClH.2Hf/c4*1-15(2,3)13-10-11-8-6-7-9-12(11)14(13)16-17(4)5;;;;;;/h4*6-10H,1-5H3;2*1H2;2*1H;;/q4*-1;;;;;2*+2/p-2. The summed E-state index contributed by atoms with van der Waals surface area (Å²) in [6.07, 6.45) is 0. The van der Waals surface area contributed by atoms with Gasteiger partial charge in [0.2, 0.25) is 0 Å². The molecule has 0 aliphatic heterocycles. The first-order chi connectivity index (χ1) is 33.6. The molecule has 396 valence electrons. The summed E-state index contributed by atoms with van der Waals surface area (Å²) in [5.41, 5.74) is 5.82. The first-order valence-electron chi connectivity index (χ1n) is 25.0. The number of halogens is 2. The number of fused-ring (bicyclic) bond motifs is 4. The van der Waals surface area contributed by atoms with Gasteiger partial charge in [0, 0.05) is 23.0 Å². The Kier molecular flexibility index (Phi) is 28.7. The van der Waals surface area contributed by atoms with E-state index in [-0.39, 0.29) is 46.5 Å². The van der Waals surface area contributed by atoms with Crippen LogP contribution in [0.5, 0.6) is 23.0 Å². The van der Waals surface area contributed by atoms with Crippen molar-refractivity contribution in [2.75, 3.05) is 0 Å². The number of hydrogen-bond donors (Lipinski definition) is 0. The Morgan fingerprint density at radius 2 is 0.459 bits per heavy atom. The van der Waals surface area contributed by atoms with Crippen molar-refractivity contribution in [2.45, 2.75) is 157 Å². The fourth-order valence-corrected chi connectivity index (χ4v) is 10.8. The van der Waals surface area contributed by atoms with Gasteiger partial charge in [-0.15, -0.1) is 116 Å². The summed E-state index contributed by atoms with van der Waals surface area (Å²) < 4.78 is 31.3. The van der Waals surface area contributed by atoms with Crippen LogP contribution >= 0.6 is 0 Å². The second-order valence-electron chi connectivity index (χ2n) is 22.9. The Morgan fingerprint density at radius 1 is 0.311 bits per heavy atom. The smallest absolute Gasteiger partial charge is 1.00 e. The largest absolute Gasteiger partial charge is 1.00 e. The minimum atomic E-state index is -0.729. The molecule has 0 atom stereocenters. The predicted molar refractivity (Wildman–Crippen MR) is 320 cm³/mol. The Hall–Kier alpha value is -2.55. The van der Waals surface area contributed by atoms with Crippen LogP contribution in [0.25, 0.3) is 43.1 Å². The quantitative estimate of drug-likeness (QED) is 0.112. The van der Waals surface area contributed by atoms with Crippen molar-refractivity contribution in [1.82, 2.24) is 0 Å². The number of rotatable bonds is 8. The van der Waals surface area contributed by atoms with Gasteiger partial charge in [0.15, 0.2) is 0 Å². The summed E-state index contributed by atoms with van der Waals surface area (Å²) in [5.74, 6) is 4.41. The molecule has 12 heteroatoms. The van der Waals surface area contributed by atoms with Crippen LogP contribution in [0.2, 0.25) is 52.4 Å². The molecule has 0 aliphatic carbocycles. The molecule has 0 saturated carbocycles. The van der Waals surface area contributed by atoms with E-state index in [4.69, 9.17) is 17.7 Å². The van der Waals surface area contributed by atoms with Gasteiger partial charge in [0.25, 0.3) is 36.2 Å². The SMILES string of the molecule is C[Si](C)O[c-]1c(C(C)(C)C)cc2ccccc21.C[Si](C)O[c-]1c(C(C)(C)C)cc2ccccc21.C[Si](C)O[c-]1c(C(C)(C)C)cc2ccccc21.C[Si](C)O[c-]1c(C(C)(C)C)cc2ccccc21.[CH2]=[Hf+2].[CH2]=[Hf+2].[Cl-].[Cl-]. The Morgan fingerprint density at radius 3 is 0.595 bits per heavy atom. The van der Waals surface area contributed by atoms with E-state index < -0.39 is 36.2 Å². The molecule has 0 saturated heterocycles. The topological polar surface area (TPSA) is 36.9 Å². The van der Waals surface area contributed by atoms with E-state index in [0.29, 0.717) is 0 Å². The number of hydrogen-bond acceptors (Lipinski definition) is 4. The van der Waals surface area contributed by atoms with Gasteiger partial charge in [-0.1, -0.05) is 130 Å². The third-order valence-corrected chi connectivity index (χ3v) is 13.9. The zero-order chi connectivity index (χ0) is 54.5. The van der Waals surface area contributed by atoms with Gasteiger partial charge in [0.1, 0.15) is 0 Å². The van der Waals surface area contributed by atoms with Crippen molar-refractivity contribution in [1.29, 1.82) is 0 Å². The number of benzene rings is 4. The van der Waals surface area contributed by atoms with Gasteiger partial charge in [-0.2, -0.15) is 24.3 Å². The first-order valence-corrected chi connectivity index (χ1v) is 39.7. The Labute approximate surface area is 497 Å². The van der Waals surface area contributed by atoms with Crippen LogP contribution in [-0.2, 0) is 69.4 Å². The molecule has 4 radical (unpaired) electrons. The van der Waals surface area contributed by atoms with Crippen molar-refractivity contribution in [3.8, 4) is 23.0 Å². The summed E-state index contributed by atoms with van der Waals surface area (Å²) in [4.78, 5) is 0. The van der Waals surface area contributed by atoms with Crippen LogP contribution in [0, 0.1) is 0 Å². The van der Waals surface area contributed by atoms with Gasteiger partial charge >= 0.3 is 56.3 Å². The van der Waals surface area contributed by atoms with Crippen LogP contribution < -0.4 is 42.5 Å². The third-order valence-electron chi connectivity index (χ3n) is 11.5. The minimum Gasteiger partial charge on any atom is -1.00 e. The molecule has 0 bridgehead atoms. The molecular weight excluding hydrogens is 1350 g/mol. The average Bonchev–Trinajstić information content (AvgIpc) is 4.06. The Bertz CT molecular complexity index is 2520. The first kappa shape index (κ1) is 69.5. The third kappa shape index (κ3) is 19.4. The molecule has 8 aromatic carbocycles. The molecule has 0 amide bonds. The van der Waals surface area contributed by atoms with E-state index in [9.17, 15) is 0 Å². The van der Waals surface area contributed by atoms with Gasteiger partial charge in [-0.25, -0.2) is 0 Å². The zero-order valence-corrected chi connectivity index (χ0v) is 61.0. The Balaban J connectivity index is 0.000000478. The van der Waals surface area contributed by atoms with Crippen LogP contribution in [0.1, 0.15) is 105 Å². The average molecular weight is 1430 g/mol. The van der Waals surface area contributed by atoms with E-state index in [2.05, 4.69) is 265 Å². The normalized spacial score (nSPS) is 11.5. The maximum Gasteiger partial charge on any atom is -1.00 e. The van der Waals surface area contributed by atoms with Gasteiger partial charge in [0.05, 0.1) is 0 Å². The second-order valence-corrected chi connectivity index (χ2v) is 31.0. The van der Waals surface area contributed by atoms with Crippen LogP contribution in [0.3, 0.4) is 0 Å². The molecule has 0 aromatic heterocycles. The van der Waals surface area contributed by atoms with E-state index >= 15 is 0 Å². The monoisotopic (exact) mass is 1430 g/mol. The fourth-order valence-electron chi connectivity index (χ4n) is 8.27. The van der Waals surface area contributed by atoms with Crippen molar-refractivity contribution in [3.63, 3.8) is 0 Å². The van der Waals surface area contributed by atoms with Crippen molar-refractivity contribution in [2.24, 2.45) is 0 Å². The summed E-state index contributed by atoms with van der Waals surface area (Å²) in [7, 11) is -2.92. The zero-order valence-electron chi connectivity index (χ0n) is 48.4. The molecule has 0 heterocycles. The predicted octanol–water partition coefficient (Wildman–Crippen LogP) is 11.9. The molecule has 0 fully saturated rings. The van der Waals surface area contributed by atoms with Gasteiger partial charge in [-0.3, -0.25) is 0 Å². The van der Waals surface area contributed by atoms with Gasteiger partial charge < -0.3 is 42.5 Å². The summed E-state index contributed by atoms with van der Waals surface area (Å²) >= 11 is 2.11. The molecule has 0 unspecified atom stereocenters. The van der Waals surface area contributed by atoms with E-state index in [0.717, 1.165) is 70.8 Å². The summed E-state index contributed by atoms with van der Waals surface area (Å²) in [5, 5.41) is 10.2. The minimum absolute atomic E-state index is 0. The molecule has 0 N–H and O–H groups in total. The summed E-state index contributed by atoms with van der Waals surface area (Å²) in [6, 6.07) is 43.0. The molecule has 74 heavy (non-hydrogen) atoms. The molecule has 0 aliphatic rings. The van der Waals surface area contributed by atoms with Crippen molar-refractivity contribution >= 4 is 87.8 Å². The fraction of sp³-hybridized carbons (Fsp3) is 0.387. The van der Waals surface area contributed by atoms with E-state index in [1.165, 1.54) is 65.3 Å². The molecule has 8 rings (SSSR count). The van der Waals surface area contributed by atoms with Crippen LogP contribution in [0.15, 0.2) is 121 Å². The van der Waals surface area contributed by atoms with E-state index in [1.807, 2.05) is 0 Å². The second kappa shape index (κ2) is 30.6. The van der Waals surface area contributed by atoms with E-state index in [1.54, 1.807) is 0 Å². The maximum absolute atomic E-state index is 6.13. The summed E-state index contributed by atoms with van der Waals surface area (Å²) in [6.45, 7) is 44.3. The van der Waals surface area contributed by atoms with Crippen molar-refractivity contribution < 1.29 is 90.3 Å². The van der Waals surface area contributed by atoms with Gasteiger partial charge in [-0.05, 0) is 74.0 Å². The van der Waals surface area contributed by atoms with Crippen LogP contribution in [0.4, 0.5) is 0 Å². The molecule has 8 aromatic rings. The molecule has 0 spiro atoms. The maximum atomic E-state index is 6.13. The van der Waals surface area contributed by atoms with Crippen molar-refractivity contribution in [3.05, 3.63) is 144 Å². The van der Waals surface area contributed by atoms with Crippen LogP contribution in [-0.4, -0.2) is 44.7 Å².